The highest BCUT2D eigenvalue weighted by molar-refractivity contribution is 9.10. The summed E-state index contributed by atoms with van der Waals surface area (Å²) in [5, 5.41) is 14.0. The highest BCUT2D eigenvalue weighted by Gasteiger charge is 2.13. The molecule has 26 heavy (non-hydrogen) atoms. The highest BCUT2D eigenvalue weighted by atomic mass is 79.9. The molecule has 1 amide bonds. The van der Waals surface area contributed by atoms with Crippen molar-refractivity contribution in [3.63, 3.8) is 0 Å². The molecule has 0 bridgehead atoms. The number of rotatable bonds is 7. The zero-order valence-corrected chi connectivity index (χ0v) is 15.8. The number of amides is 1. The summed E-state index contributed by atoms with van der Waals surface area (Å²) in [6.07, 6.45) is 2.31. The van der Waals surface area contributed by atoms with Crippen LogP contribution >= 0.6 is 15.9 Å². The Bertz CT molecular complexity index is 835. The second kappa shape index (κ2) is 8.57. The molecule has 1 atom stereocenters. The topological polar surface area (TPSA) is 81.9 Å². The van der Waals surface area contributed by atoms with Gasteiger partial charge in [-0.3, -0.25) is 4.79 Å². The Morgan fingerprint density at radius 3 is 2.54 bits per heavy atom. The van der Waals surface area contributed by atoms with Gasteiger partial charge in [0.05, 0.1) is 11.7 Å². The molecule has 0 aliphatic rings. The highest BCUT2D eigenvalue weighted by Crippen LogP contribution is 2.19. The molecule has 0 saturated heterocycles. The van der Waals surface area contributed by atoms with Crippen LogP contribution in [0.15, 0.2) is 59.3 Å². The molecule has 2 aromatic carbocycles. The van der Waals surface area contributed by atoms with Crippen LogP contribution in [0.25, 0.3) is 5.69 Å². The van der Waals surface area contributed by atoms with Crippen LogP contribution in [-0.4, -0.2) is 32.7 Å². The molecule has 0 fully saturated rings. The molecule has 0 saturated carbocycles. The summed E-state index contributed by atoms with van der Waals surface area (Å²) in [5.41, 5.74) is 1.88. The van der Waals surface area contributed by atoms with Crippen LogP contribution < -0.4 is 10.1 Å². The molecule has 3 rings (SSSR count). The third-order valence-electron chi connectivity index (χ3n) is 3.84. The first-order valence-electron chi connectivity index (χ1n) is 8.16. The predicted molar refractivity (Wildman–Crippen MR) is 100.0 cm³/mol. The van der Waals surface area contributed by atoms with Crippen molar-refractivity contribution in [3.8, 4) is 11.4 Å². The fourth-order valence-electron chi connectivity index (χ4n) is 2.48. The molecule has 8 heteroatoms. The van der Waals surface area contributed by atoms with Crippen molar-refractivity contribution in [2.24, 2.45) is 0 Å². The molecule has 7 nitrogen and oxygen atoms in total. The van der Waals surface area contributed by atoms with Gasteiger partial charge in [0.2, 0.25) is 0 Å². The molecule has 1 N–H and O–H groups in total. The molecule has 1 aromatic heterocycles. The summed E-state index contributed by atoms with van der Waals surface area (Å²) in [6, 6.07) is 15.1. The SMILES string of the molecule is CC[C@@H](NC(=O)COc1ccc(-n2cnnn2)cc1)c1ccc(Br)cc1. The lowest BCUT2D eigenvalue weighted by molar-refractivity contribution is -0.123. The maximum Gasteiger partial charge on any atom is 0.258 e. The average Bonchev–Trinajstić information content (AvgIpc) is 3.20. The van der Waals surface area contributed by atoms with E-state index < -0.39 is 0 Å². The zero-order valence-electron chi connectivity index (χ0n) is 14.2. The number of nitrogens with zero attached hydrogens (tertiary/aromatic N) is 4. The van der Waals surface area contributed by atoms with Gasteiger partial charge in [0.15, 0.2) is 6.61 Å². The molecule has 0 aliphatic heterocycles. The molecule has 1 heterocycles. The first-order chi connectivity index (χ1) is 12.7. The Hall–Kier alpha value is -2.74. The van der Waals surface area contributed by atoms with Gasteiger partial charge >= 0.3 is 0 Å². The van der Waals surface area contributed by atoms with Gasteiger partial charge in [0.25, 0.3) is 5.91 Å². The summed E-state index contributed by atoms with van der Waals surface area (Å²) in [5.74, 6) is 0.443. The lowest BCUT2D eigenvalue weighted by Crippen LogP contribution is -2.32. The number of benzene rings is 2. The van der Waals surface area contributed by atoms with E-state index in [9.17, 15) is 4.79 Å². The van der Waals surface area contributed by atoms with Gasteiger partial charge < -0.3 is 10.1 Å². The summed E-state index contributed by atoms with van der Waals surface area (Å²) in [7, 11) is 0. The minimum atomic E-state index is -0.163. The largest absolute Gasteiger partial charge is 0.484 e. The van der Waals surface area contributed by atoms with Crippen LogP contribution in [0.3, 0.4) is 0 Å². The smallest absolute Gasteiger partial charge is 0.258 e. The van der Waals surface area contributed by atoms with Gasteiger partial charge in [-0.05, 0) is 58.8 Å². The second-order valence-electron chi connectivity index (χ2n) is 5.62. The van der Waals surface area contributed by atoms with E-state index in [1.807, 2.05) is 43.3 Å². The number of aromatic nitrogens is 4. The van der Waals surface area contributed by atoms with Gasteiger partial charge in [-0.1, -0.05) is 35.0 Å². The van der Waals surface area contributed by atoms with Crippen molar-refractivity contribution >= 4 is 21.8 Å². The van der Waals surface area contributed by atoms with Crippen molar-refractivity contribution in [3.05, 3.63) is 64.9 Å². The van der Waals surface area contributed by atoms with Gasteiger partial charge in [0.1, 0.15) is 12.1 Å². The van der Waals surface area contributed by atoms with E-state index in [1.165, 1.54) is 6.33 Å². The second-order valence-corrected chi connectivity index (χ2v) is 6.53. The van der Waals surface area contributed by atoms with E-state index in [0.29, 0.717) is 5.75 Å². The number of ether oxygens (including phenoxy) is 1. The summed E-state index contributed by atoms with van der Waals surface area (Å²) < 4.78 is 8.11. The van der Waals surface area contributed by atoms with Gasteiger partial charge in [0, 0.05) is 4.47 Å². The minimum Gasteiger partial charge on any atom is -0.484 e. The summed E-state index contributed by atoms with van der Waals surface area (Å²) in [4.78, 5) is 12.2. The number of hydrogen-bond acceptors (Lipinski definition) is 5. The fraction of sp³-hybridized carbons (Fsp3) is 0.222. The van der Waals surface area contributed by atoms with E-state index >= 15 is 0 Å². The maximum atomic E-state index is 12.2. The Kier molecular flexibility index (Phi) is 5.96. The standard InChI is InChI=1S/C18H18BrN5O2/c1-2-17(13-3-5-14(19)6-4-13)21-18(25)11-26-16-9-7-15(8-10-16)24-12-20-22-23-24/h3-10,12,17H,2,11H2,1H3,(H,21,25)/t17-/m1/s1. The molecule has 0 spiro atoms. The number of hydrogen-bond donors (Lipinski definition) is 1. The van der Waals surface area contributed by atoms with E-state index in [0.717, 1.165) is 22.1 Å². The van der Waals surface area contributed by atoms with Crippen LogP contribution in [0.5, 0.6) is 5.75 Å². The van der Waals surface area contributed by atoms with Crippen molar-refractivity contribution in [1.82, 2.24) is 25.5 Å². The number of tetrazole rings is 1. The number of halogens is 1. The van der Waals surface area contributed by atoms with Crippen LogP contribution in [0.4, 0.5) is 0 Å². The first kappa shape index (κ1) is 18.1. The lowest BCUT2D eigenvalue weighted by Gasteiger charge is -2.18. The minimum absolute atomic E-state index is 0.0404. The van der Waals surface area contributed by atoms with E-state index in [1.54, 1.807) is 16.8 Å². The van der Waals surface area contributed by atoms with Crippen molar-refractivity contribution in [2.45, 2.75) is 19.4 Å². The molecule has 0 radical (unpaired) electrons. The normalized spacial score (nSPS) is 11.8. The third kappa shape index (κ3) is 4.66. The lowest BCUT2D eigenvalue weighted by atomic mass is 10.0. The monoisotopic (exact) mass is 415 g/mol. The van der Waals surface area contributed by atoms with Gasteiger partial charge in [-0.15, -0.1) is 5.10 Å². The Morgan fingerprint density at radius 2 is 1.92 bits per heavy atom. The summed E-state index contributed by atoms with van der Waals surface area (Å²) >= 11 is 3.42. The molecular formula is C18H18BrN5O2. The Balaban J connectivity index is 1.54. The molecule has 0 unspecified atom stereocenters. The Labute approximate surface area is 159 Å². The zero-order chi connectivity index (χ0) is 18.4. The molecular weight excluding hydrogens is 398 g/mol. The number of carbonyl (C=O) groups excluding carboxylic acids is 1. The van der Waals surface area contributed by atoms with Crippen molar-refractivity contribution in [2.75, 3.05) is 6.61 Å². The number of nitrogens with one attached hydrogen (secondary N) is 1. The quantitative estimate of drug-likeness (QED) is 0.640. The van der Waals surface area contributed by atoms with Crippen LogP contribution in [-0.2, 0) is 4.79 Å². The Morgan fingerprint density at radius 1 is 1.19 bits per heavy atom. The molecule has 134 valence electrons. The van der Waals surface area contributed by atoms with E-state index in [2.05, 4.69) is 36.8 Å². The van der Waals surface area contributed by atoms with Crippen LogP contribution in [0.2, 0.25) is 0 Å². The van der Waals surface area contributed by atoms with Crippen molar-refractivity contribution in [1.29, 1.82) is 0 Å². The van der Waals surface area contributed by atoms with Crippen LogP contribution in [0, 0.1) is 0 Å². The van der Waals surface area contributed by atoms with E-state index in [-0.39, 0.29) is 18.6 Å². The average molecular weight is 416 g/mol. The first-order valence-corrected chi connectivity index (χ1v) is 8.96. The fourth-order valence-corrected chi connectivity index (χ4v) is 2.74. The van der Waals surface area contributed by atoms with E-state index in [4.69, 9.17) is 4.74 Å². The molecule has 0 aliphatic carbocycles. The number of carbonyl (C=O) groups is 1. The molecule has 3 aromatic rings. The maximum absolute atomic E-state index is 12.2. The van der Waals surface area contributed by atoms with Crippen molar-refractivity contribution < 1.29 is 9.53 Å². The summed E-state index contributed by atoms with van der Waals surface area (Å²) in [6.45, 7) is 1.99. The predicted octanol–water partition coefficient (Wildman–Crippen LogP) is 3.07. The van der Waals surface area contributed by atoms with Gasteiger partial charge in [-0.2, -0.15) is 0 Å². The van der Waals surface area contributed by atoms with Crippen LogP contribution in [0.1, 0.15) is 24.9 Å². The third-order valence-corrected chi connectivity index (χ3v) is 4.36. The van der Waals surface area contributed by atoms with Gasteiger partial charge in [-0.25, -0.2) is 4.68 Å².